The smallest absolute Gasteiger partial charge is 0.239 e. The van der Waals surface area contributed by atoms with E-state index in [2.05, 4.69) is 23.6 Å². The summed E-state index contributed by atoms with van der Waals surface area (Å²) < 4.78 is 4.93. The van der Waals surface area contributed by atoms with Gasteiger partial charge in [0.2, 0.25) is 5.91 Å². The summed E-state index contributed by atoms with van der Waals surface area (Å²) in [4.78, 5) is 11.6. The van der Waals surface area contributed by atoms with Crippen LogP contribution in [0.15, 0.2) is 24.3 Å². The van der Waals surface area contributed by atoms with Crippen LogP contribution >= 0.6 is 0 Å². The van der Waals surface area contributed by atoms with Gasteiger partial charge in [0.1, 0.15) is 0 Å². The summed E-state index contributed by atoms with van der Waals surface area (Å²) >= 11 is 0. The lowest BCUT2D eigenvalue weighted by Gasteiger charge is -2.11. The number of rotatable bonds is 9. The van der Waals surface area contributed by atoms with Gasteiger partial charge in [-0.2, -0.15) is 0 Å². The summed E-state index contributed by atoms with van der Waals surface area (Å²) in [6.45, 7) is 3.80. The number of aryl methyl sites for hydroxylation is 1. The van der Waals surface area contributed by atoms with Gasteiger partial charge in [0.25, 0.3) is 0 Å². The van der Waals surface area contributed by atoms with Crippen LogP contribution in [0.4, 0.5) is 5.69 Å². The van der Waals surface area contributed by atoms with E-state index in [4.69, 9.17) is 4.74 Å². The van der Waals surface area contributed by atoms with Crippen molar-refractivity contribution in [2.24, 2.45) is 0 Å². The van der Waals surface area contributed by atoms with E-state index in [9.17, 15) is 4.79 Å². The molecular formula is C15H24N2O2. The van der Waals surface area contributed by atoms with Crippen molar-refractivity contribution in [3.63, 3.8) is 0 Å². The first-order chi connectivity index (χ1) is 9.27. The lowest BCUT2D eigenvalue weighted by atomic mass is 10.1. The van der Waals surface area contributed by atoms with Gasteiger partial charge >= 0.3 is 0 Å². The van der Waals surface area contributed by atoms with Crippen LogP contribution in [0.25, 0.3) is 0 Å². The van der Waals surface area contributed by atoms with Gasteiger partial charge in [-0.15, -0.1) is 0 Å². The van der Waals surface area contributed by atoms with E-state index in [0.29, 0.717) is 19.7 Å². The molecule has 19 heavy (non-hydrogen) atoms. The van der Waals surface area contributed by atoms with Crippen molar-refractivity contribution in [2.75, 3.05) is 32.1 Å². The number of hydrogen-bond donors (Lipinski definition) is 2. The number of carbonyl (C=O) groups excluding carboxylic acids is 1. The molecule has 0 unspecified atom stereocenters. The number of benzene rings is 1. The van der Waals surface area contributed by atoms with Gasteiger partial charge in [0.15, 0.2) is 0 Å². The number of anilines is 1. The number of carbonyl (C=O) groups is 1. The van der Waals surface area contributed by atoms with Crippen LogP contribution in [0.5, 0.6) is 0 Å². The van der Waals surface area contributed by atoms with Crippen LogP contribution in [-0.4, -0.2) is 32.7 Å². The highest BCUT2D eigenvalue weighted by molar-refractivity contribution is 5.80. The molecule has 0 fully saturated rings. The first-order valence-corrected chi connectivity index (χ1v) is 6.85. The second kappa shape index (κ2) is 9.39. The lowest BCUT2D eigenvalue weighted by molar-refractivity contribution is -0.119. The molecular weight excluding hydrogens is 240 g/mol. The van der Waals surface area contributed by atoms with Crippen LogP contribution in [0.1, 0.15) is 25.3 Å². The molecule has 0 atom stereocenters. The van der Waals surface area contributed by atoms with Crippen LogP contribution in [0, 0.1) is 0 Å². The predicted molar refractivity (Wildman–Crippen MR) is 78.4 cm³/mol. The van der Waals surface area contributed by atoms with E-state index >= 15 is 0 Å². The third-order valence-corrected chi connectivity index (χ3v) is 2.82. The standard InChI is InChI=1S/C15H24N2O2/c1-3-7-13-8-4-5-9-14(13)17-12-15(18)16-10-6-11-19-2/h4-5,8-9,17H,3,6-7,10-12H2,1-2H3,(H,16,18). The Morgan fingerprint density at radius 2 is 2.11 bits per heavy atom. The maximum atomic E-state index is 11.6. The Hall–Kier alpha value is -1.55. The predicted octanol–water partition coefficient (Wildman–Crippen LogP) is 2.20. The second-order valence-electron chi connectivity index (χ2n) is 4.46. The fourth-order valence-corrected chi connectivity index (χ4v) is 1.86. The Kier molecular flexibility index (Phi) is 7.66. The highest BCUT2D eigenvalue weighted by atomic mass is 16.5. The van der Waals surface area contributed by atoms with Gasteiger partial charge in [-0.05, 0) is 24.5 Å². The van der Waals surface area contributed by atoms with E-state index in [-0.39, 0.29) is 5.91 Å². The molecule has 0 bridgehead atoms. The molecule has 0 radical (unpaired) electrons. The van der Waals surface area contributed by atoms with Crippen molar-refractivity contribution in [2.45, 2.75) is 26.2 Å². The van der Waals surface area contributed by atoms with Crippen molar-refractivity contribution in [3.8, 4) is 0 Å². The van der Waals surface area contributed by atoms with Gasteiger partial charge in [-0.3, -0.25) is 4.79 Å². The maximum Gasteiger partial charge on any atom is 0.239 e. The largest absolute Gasteiger partial charge is 0.385 e. The van der Waals surface area contributed by atoms with Crippen LogP contribution in [-0.2, 0) is 16.0 Å². The Morgan fingerprint density at radius 1 is 1.32 bits per heavy atom. The first-order valence-electron chi connectivity index (χ1n) is 6.85. The highest BCUT2D eigenvalue weighted by Gasteiger charge is 2.03. The molecule has 1 amide bonds. The Labute approximate surface area is 115 Å². The minimum Gasteiger partial charge on any atom is -0.385 e. The first kappa shape index (κ1) is 15.5. The summed E-state index contributed by atoms with van der Waals surface area (Å²) in [5, 5.41) is 6.05. The minimum atomic E-state index is 0.0161. The number of nitrogens with one attached hydrogen (secondary N) is 2. The van der Waals surface area contributed by atoms with Crippen LogP contribution < -0.4 is 10.6 Å². The molecule has 0 aliphatic rings. The quantitative estimate of drug-likeness (QED) is 0.672. The molecule has 0 spiro atoms. The zero-order chi connectivity index (χ0) is 13.9. The van der Waals surface area contributed by atoms with Gasteiger partial charge in [-0.25, -0.2) is 0 Å². The average molecular weight is 264 g/mol. The molecule has 0 saturated heterocycles. The monoisotopic (exact) mass is 264 g/mol. The summed E-state index contributed by atoms with van der Waals surface area (Å²) in [7, 11) is 1.66. The Bertz CT molecular complexity index is 380. The summed E-state index contributed by atoms with van der Waals surface area (Å²) in [5.41, 5.74) is 2.31. The number of ether oxygens (including phenoxy) is 1. The minimum absolute atomic E-state index is 0.0161. The van der Waals surface area contributed by atoms with Gasteiger partial charge in [-0.1, -0.05) is 31.5 Å². The zero-order valence-corrected chi connectivity index (χ0v) is 11.9. The van der Waals surface area contributed by atoms with Crippen LogP contribution in [0.3, 0.4) is 0 Å². The molecule has 4 nitrogen and oxygen atoms in total. The zero-order valence-electron chi connectivity index (χ0n) is 11.9. The highest BCUT2D eigenvalue weighted by Crippen LogP contribution is 2.16. The molecule has 0 aliphatic carbocycles. The van der Waals surface area contributed by atoms with E-state index in [0.717, 1.165) is 24.9 Å². The van der Waals surface area contributed by atoms with Crippen molar-refractivity contribution in [1.82, 2.24) is 5.32 Å². The molecule has 4 heteroatoms. The summed E-state index contributed by atoms with van der Waals surface area (Å²) in [5.74, 6) is 0.0161. The van der Waals surface area contributed by atoms with Crippen molar-refractivity contribution in [1.29, 1.82) is 0 Å². The number of hydrogen-bond acceptors (Lipinski definition) is 3. The molecule has 0 aromatic heterocycles. The Balaban J connectivity index is 2.33. The number of methoxy groups -OCH3 is 1. The third-order valence-electron chi connectivity index (χ3n) is 2.82. The van der Waals surface area contributed by atoms with E-state index in [1.54, 1.807) is 7.11 Å². The summed E-state index contributed by atoms with van der Waals surface area (Å²) in [6, 6.07) is 8.13. The van der Waals surface area contributed by atoms with Gasteiger partial charge in [0, 0.05) is 25.9 Å². The second-order valence-corrected chi connectivity index (χ2v) is 4.46. The van der Waals surface area contributed by atoms with Crippen molar-refractivity contribution < 1.29 is 9.53 Å². The van der Waals surface area contributed by atoms with E-state index in [1.165, 1.54) is 5.56 Å². The molecule has 0 heterocycles. The molecule has 0 aliphatic heterocycles. The third kappa shape index (κ3) is 6.25. The van der Waals surface area contributed by atoms with E-state index < -0.39 is 0 Å². The van der Waals surface area contributed by atoms with Gasteiger partial charge in [0.05, 0.1) is 6.54 Å². The topological polar surface area (TPSA) is 50.4 Å². The fraction of sp³-hybridized carbons (Fsp3) is 0.533. The van der Waals surface area contributed by atoms with Crippen LogP contribution in [0.2, 0.25) is 0 Å². The van der Waals surface area contributed by atoms with Crippen molar-refractivity contribution in [3.05, 3.63) is 29.8 Å². The van der Waals surface area contributed by atoms with Crippen molar-refractivity contribution >= 4 is 11.6 Å². The summed E-state index contributed by atoms with van der Waals surface area (Å²) in [6.07, 6.45) is 2.97. The molecule has 1 rings (SSSR count). The molecule has 0 saturated carbocycles. The molecule has 2 N–H and O–H groups in total. The SMILES string of the molecule is CCCc1ccccc1NCC(=O)NCCCOC. The molecule has 1 aromatic carbocycles. The van der Waals surface area contributed by atoms with Gasteiger partial charge < -0.3 is 15.4 Å². The average Bonchev–Trinajstić information content (AvgIpc) is 2.43. The van der Waals surface area contributed by atoms with E-state index in [1.807, 2.05) is 18.2 Å². The number of amides is 1. The lowest BCUT2D eigenvalue weighted by Crippen LogP contribution is -2.31. The fourth-order valence-electron chi connectivity index (χ4n) is 1.86. The maximum absolute atomic E-state index is 11.6. The normalized spacial score (nSPS) is 10.2. The molecule has 106 valence electrons. The molecule has 1 aromatic rings. The Morgan fingerprint density at radius 3 is 2.84 bits per heavy atom. The number of para-hydroxylation sites is 1.